The molecule has 21 heavy (non-hydrogen) atoms. The number of esters is 1. The highest BCUT2D eigenvalue weighted by Gasteiger charge is 2.23. The highest BCUT2D eigenvalue weighted by molar-refractivity contribution is 6.32. The van der Waals surface area contributed by atoms with Crippen LogP contribution in [0.25, 0.3) is 0 Å². The van der Waals surface area contributed by atoms with Gasteiger partial charge in [0.25, 0.3) is 5.91 Å². The Labute approximate surface area is 128 Å². The number of aryl methyl sites for hydroxylation is 1. The number of ether oxygens (including phenoxy) is 2. The number of benzene rings is 1. The Morgan fingerprint density at radius 3 is 2.81 bits per heavy atom. The molecule has 1 aliphatic rings. The van der Waals surface area contributed by atoms with Crippen LogP contribution in [0.4, 0.5) is 0 Å². The van der Waals surface area contributed by atoms with Crippen molar-refractivity contribution in [3.05, 3.63) is 28.8 Å². The molecule has 0 heterocycles. The SMILES string of the molecule is COC(=O)CCc1cccc(Cl)c1OCC(=O)NC1CC1. The summed E-state index contributed by atoms with van der Waals surface area (Å²) in [5.41, 5.74) is 0.784. The molecular formula is C15H18ClNO4. The molecule has 1 aromatic rings. The van der Waals surface area contributed by atoms with Crippen LogP contribution in [0.3, 0.4) is 0 Å². The Morgan fingerprint density at radius 1 is 1.38 bits per heavy atom. The number of rotatable bonds is 7. The van der Waals surface area contributed by atoms with Crippen molar-refractivity contribution >= 4 is 23.5 Å². The van der Waals surface area contributed by atoms with E-state index in [9.17, 15) is 9.59 Å². The molecule has 1 aliphatic carbocycles. The number of hydrogen-bond acceptors (Lipinski definition) is 4. The number of nitrogens with one attached hydrogen (secondary N) is 1. The van der Waals surface area contributed by atoms with E-state index in [2.05, 4.69) is 10.1 Å². The zero-order valence-electron chi connectivity index (χ0n) is 11.9. The lowest BCUT2D eigenvalue weighted by Gasteiger charge is -2.13. The summed E-state index contributed by atoms with van der Waals surface area (Å²) in [5, 5.41) is 3.27. The van der Waals surface area contributed by atoms with E-state index in [1.807, 2.05) is 6.07 Å². The minimum atomic E-state index is -0.299. The smallest absolute Gasteiger partial charge is 0.305 e. The zero-order chi connectivity index (χ0) is 15.2. The quantitative estimate of drug-likeness (QED) is 0.783. The van der Waals surface area contributed by atoms with E-state index in [-0.39, 0.29) is 24.9 Å². The number of para-hydroxylation sites is 1. The van der Waals surface area contributed by atoms with Gasteiger partial charge in [-0.25, -0.2) is 0 Å². The Kier molecular flexibility index (Phi) is 5.44. The third-order valence-electron chi connectivity index (χ3n) is 3.16. The van der Waals surface area contributed by atoms with Gasteiger partial charge in [-0.05, 0) is 30.9 Å². The second-order valence-electron chi connectivity index (χ2n) is 4.93. The van der Waals surface area contributed by atoms with Gasteiger partial charge in [-0.2, -0.15) is 0 Å². The predicted octanol–water partition coefficient (Wildman–Crippen LogP) is 2.10. The molecule has 1 amide bonds. The van der Waals surface area contributed by atoms with Gasteiger partial charge in [0.05, 0.1) is 12.1 Å². The molecule has 1 N–H and O–H groups in total. The topological polar surface area (TPSA) is 64.6 Å². The van der Waals surface area contributed by atoms with Gasteiger partial charge in [-0.3, -0.25) is 9.59 Å². The monoisotopic (exact) mass is 311 g/mol. The van der Waals surface area contributed by atoms with Crippen LogP contribution < -0.4 is 10.1 Å². The Hall–Kier alpha value is -1.75. The summed E-state index contributed by atoms with van der Waals surface area (Å²) in [6.45, 7) is -0.0779. The maximum atomic E-state index is 11.6. The molecule has 1 fully saturated rings. The lowest BCUT2D eigenvalue weighted by atomic mass is 10.1. The van der Waals surface area contributed by atoms with Gasteiger partial charge < -0.3 is 14.8 Å². The van der Waals surface area contributed by atoms with Crippen molar-refractivity contribution in [3.63, 3.8) is 0 Å². The van der Waals surface area contributed by atoms with E-state index in [0.717, 1.165) is 18.4 Å². The number of carbonyl (C=O) groups excluding carboxylic acids is 2. The zero-order valence-corrected chi connectivity index (χ0v) is 12.6. The maximum absolute atomic E-state index is 11.6. The first kappa shape index (κ1) is 15.6. The van der Waals surface area contributed by atoms with E-state index >= 15 is 0 Å². The summed E-state index contributed by atoms with van der Waals surface area (Å²) in [7, 11) is 1.35. The molecule has 0 atom stereocenters. The lowest BCUT2D eigenvalue weighted by Crippen LogP contribution is -2.30. The molecule has 1 aromatic carbocycles. The van der Waals surface area contributed by atoms with Crippen molar-refractivity contribution < 1.29 is 19.1 Å². The molecule has 0 unspecified atom stereocenters. The first-order chi connectivity index (χ1) is 10.1. The molecule has 0 aliphatic heterocycles. The van der Waals surface area contributed by atoms with Crippen molar-refractivity contribution in [2.75, 3.05) is 13.7 Å². The van der Waals surface area contributed by atoms with Crippen molar-refractivity contribution in [3.8, 4) is 5.75 Å². The Balaban J connectivity index is 1.95. The largest absolute Gasteiger partial charge is 0.482 e. The molecule has 0 radical (unpaired) electrons. The molecule has 0 bridgehead atoms. The maximum Gasteiger partial charge on any atom is 0.305 e. The summed E-state index contributed by atoms with van der Waals surface area (Å²) in [5.74, 6) is -0.00208. The van der Waals surface area contributed by atoms with Crippen LogP contribution in [0.5, 0.6) is 5.75 Å². The van der Waals surface area contributed by atoms with Gasteiger partial charge >= 0.3 is 5.97 Å². The highest BCUT2D eigenvalue weighted by atomic mass is 35.5. The number of methoxy groups -OCH3 is 1. The molecule has 5 nitrogen and oxygen atoms in total. The van der Waals surface area contributed by atoms with Gasteiger partial charge in [-0.15, -0.1) is 0 Å². The van der Waals surface area contributed by atoms with Crippen LogP contribution >= 0.6 is 11.6 Å². The molecule has 1 saturated carbocycles. The van der Waals surface area contributed by atoms with E-state index in [1.165, 1.54) is 7.11 Å². The predicted molar refractivity (Wildman–Crippen MR) is 78.4 cm³/mol. The molecular weight excluding hydrogens is 294 g/mol. The third kappa shape index (κ3) is 4.93. The second-order valence-corrected chi connectivity index (χ2v) is 5.34. The first-order valence-corrected chi connectivity index (χ1v) is 7.24. The normalized spacial score (nSPS) is 13.6. The lowest BCUT2D eigenvalue weighted by molar-refractivity contribution is -0.140. The molecule has 0 saturated heterocycles. The van der Waals surface area contributed by atoms with Crippen LogP contribution in [-0.2, 0) is 20.7 Å². The minimum absolute atomic E-state index is 0.0779. The fraction of sp³-hybridized carbons (Fsp3) is 0.467. The third-order valence-corrected chi connectivity index (χ3v) is 3.46. The van der Waals surface area contributed by atoms with Crippen LogP contribution in [0.1, 0.15) is 24.8 Å². The van der Waals surface area contributed by atoms with Crippen molar-refractivity contribution in [2.45, 2.75) is 31.7 Å². The average Bonchev–Trinajstić information content (AvgIpc) is 3.27. The van der Waals surface area contributed by atoms with Gasteiger partial charge in [0.15, 0.2) is 6.61 Å². The van der Waals surface area contributed by atoms with Crippen LogP contribution in [-0.4, -0.2) is 31.6 Å². The van der Waals surface area contributed by atoms with Crippen molar-refractivity contribution in [2.24, 2.45) is 0 Å². The summed E-state index contributed by atoms with van der Waals surface area (Å²) in [6.07, 6.45) is 2.75. The first-order valence-electron chi connectivity index (χ1n) is 6.86. The molecule has 6 heteroatoms. The van der Waals surface area contributed by atoms with Crippen LogP contribution in [0, 0.1) is 0 Å². The van der Waals surface area contributed by atoms with E-state index in [1.54, 1.807) is 12.1 Å². The van der Waals surface area contributed by atoms with Gasteiger partial charge in [0.2, 0.25) is 0 Å². The number of carbonyl (C=O) groups is 2. The van der Waals surface area contributed by atoms with Gasteiger partial charge in [0.1, 0.15) is 5.75 Å². The second kappa shape index (κ2) is 7.31. The standard InChI is InChI=1S/C15H18ClNO4/c1-20-14(19)8-5-10-3-2-4-12(16)15(10)21-9-13(18)17-11-6-7-11/h2-4,11H,5-9H2,1H3,(H,17,18). The van der Waals surface area contributed by atoms with Crippen LogP contribution in [0.15, 0.2) is 18.2 Å². The highest BCUT2D eigenvalue weighted by Crippen LogP contribution is 2.29. The summed E-state index contributed by atoms with van der Waals surface area (Å²) in [6, 6.07) is 5.60. The molecule has 114 valence electrons. The summed E-state index contributed by atoms with van der Waals surface area (Å²) >= 11 is 6.11. The van der Waals surface area contributed by atoms with E-state index in [4.69, 9.17) is 16.3 Å². The van der Waals surface area contributed by atoms with Gasteiger partial charge in [-0.1, -0.05) is 23.7 Å². The summed E-state index contributed by atoms with van der Waals surface area (Å²) in [4.78, 5) is 22.9. The minimum Gasteiger partial charge on any atom is -0.482 e. The number of halogens is 1. The fourth-order valence-electron chi connectivity index (χ4n) is 1.89. The molecule has 2 rings (SSSR count). The van der Waals surface area contributed by atoms with Crippen molar-refractivity contribution in [1.82, 2.24) is 5.32 Å². The van der Waals surface area contributed by atoms with Gasteiger partial charge in [0, 0.05) is 12.5 Å². The Bertz CT molecular complexity index is 528. The number of amides is 1. The average molecular weight is 312 g/mol. The fourth-order valence-corrected chi connectivity index (χ4v) is 2.13. The molecule has 0 aromatic heterocycles. The summed E-state index contributed by atoms with van der Waals surface area (Å²) < 4.78 is 10.1. The van der Waals surface area contributed by atoms with E-state index in [0.29, 0.717) is 23.2 Å². The van der Waals surface area contributed by atoms with E-state index < -0.39 is 0 Å². The van der Waals surface area contributed by atoms with Crippen LogP contribution in [0.2, 0.25) is 5.02 Å². The Morgan fingerprint density at radius 2 is 2.14 bits per heavy atom. The molecule has 0 spiro atoms. The number of hydrogen-bond donors (Lipinski definition) is 1. The van der Waals surface area contributed by atoms with Crippen molar-refractivity contribution in [1.29, 1.82) is 0 Å².